The van der Waals surface area contributed by atoms with Gasteiger partial charge in [-0.1, -0.05) is 18.9 Å². The van der Waals surface area contributed by atoms with Crippen molar-refractivity contribution in [3.8, 4) is 0 Å². The molecule has 4 nitrogen and oxygen atoms in total. The van der Waals surface area contributed by atoms with Crippen LogP contribution < -0.4 is 0 Å². The van der Waals surface area contributed by atoms with E-state index in [0.717, 1.165) is 25.7 Å². The van der Waals surface area contributed by atoms with Gasteiger partial charge in [-0.15, -0.1) is 6.58 Å². The average Bonchev–Trinajstić information content (AvgIpc) is 2.64. The molecule has 2 rings (SSSR count). The number of ether oxygens (including phenoxy) is 1. The molecule has 0 aromatic carbocycles. The first kappa shape index (κ1) is 14.1. The fourth-order valence-electron chi connectivity index (χ4n) is 3.71. The normalized spacial score (nSPS) is 30.1. The van der Waals surface area contributed by atoms with Gasteiger partial charge in [-0.3, -0.25) is 9.59 Å². The average molecular weight is 265 g/mol. The summed E-state index contributed by atoms with van der Waals surface area (Å²) in [6.07, 6.45) is 6.86. The molecular formula is C15H23NO3. The van der Waals surface area contributed by atoms with Crippen molar-refractivity contribution >= 4 is 11.9 Å². The lowest BCUT2D eigenvalue weighted by molar-refractivity contribution is -0.148. The summed E-state index contributed by atoms with van der Waals surface area (Å²) in [5.41, 5.74) is -0.310. The molecular weight excluding hydrogens is 242 g/mol. The van der Waals surface area contributed by atoms with E-state index < -0.39 is 0 Å². The largest absolute Gasteiger partial charge is 0.466 e. The van der Waals surface area contributed by atoms with Gasteiger partial charge in [0.05, 0.1) is 18.6 Å². The Morgan fingerprint density at radius 1 is 1.58 bits per heavy atom. The molecule has 0 unspecified atom stereocenters. The fraction of sp³-hybridized carbons (Fsp3) is 0.733. The summed E-state index contributed by atoms with van der Waals surface area (Å²) in [6, 6.07) is 0. The maximum Gasteiger partial charge on any atom is 0.308 e. The molecule has 2 fully saturated rings. The quantitative estimate of drug-likeness (QED) is 0.566. The summed E-state index contributed by atoms with van der Waals surface area (Å²) in [4.78, 5) is 26.0. The van der Waals surface area contributed by atoms with Crippen molar-refractivity contribution in [3.05, 3.63) is 12.7 Å². The van der Waals surface area contributed by atoms with Crippen molar-refractivity contribution in [1.29, 1.82) is 0 Å². The zero-order valence-corrected chi connectivity index (χ0v) is 11.7. The topological polar surface area (TPSA) is 46.6 Å². The zero-order chi connectivity index (χ0) is 13.9. The smallest absolute Gasteiger partial charge is 0.308 e. The lowest BCUT2D eigenvalue weighted by Crippen LogP contribution is -2.52. The third-order valence-corrected chi connectivity index (χ3v) is 4.50. The molecule has 1 saturated carbocycles. The highest BCUT2D eigenvalue weighted by molar-refractivity contribution is 5.82. The molecule has 1 aliphatic carbocycles. The first-order valence-corrected chi connectivity index (χ1v) is 7.21. The molecule has 4 heteroatoms. The van der Waals surface area contributed by atoms with Gasteiger partial charge in [-0.05, 0) is 25.7 Å². The van der Waals surface area contributed by atoms with E-state index in [2.05, 4.69) is 6.58 Å². The van der Waals surface area contributed by atoms with Gasteiger partial charge < -0.3 is 9.64 Å². The second-order valence-corrected chi connectivity index (χ2v) is 5.53. The van der Waals surface area contributed by atoms with Gasteiger partial charge in [-0.2, -0.15) is 0 Å². The van der Waals surface area contributed by atoms with Crippen LogP contribution in [0.15, 0.2) is 12.7 Å². The molecule has 2 aliphatic rings. The van der Waals surface area contributed by atoms with Crippen LogP contribution in [0, 0.1) is 5.92 Å². The number of carbonyl (C=O) groups excluding carboxylic acids is 2. The number of hydrogen-bond donors (Lipinski definition) is 0. The maximum atomic E-state index is 12.2. The lowest BCUT2D eigenvalue weighted by atomic mass is 9.71. The van der Waals surface area contributed by atoms with Gasteiger partial charge in [-0.25, -0.2) is 0 Å². The zero-order valence-electron chi connectivity index (χ0n) is 11.7. The molecule has 19 heavy (non-hydrogen) atoms. The predicted octanol–water partition coefficient (Wildman–Crippen LogP) is 2.29. The van der Waals surface area contributed by atoms with Crippen molar-refractivity contribution in [1.82, 2.24) is 4.90 Å². The van der Waals surface area contributed by atoms with Crippen LogP contribution in [0.5, 0.6) is 0 Å². The summed E-state index contributed by atoms with van der Waals surface area (Å²) in [5.74, 6) is 0.285. The van der Waals surface area contributed by atoms with Crippen LogP contribution >= 0.6 is 0 Å². The van der Waals surface area contributed by atoms with E-state index in [9.17, 15) is 9.59 Å². The molecule has 0 N–H and O–H groups in total. The van der Waals surface area contributed by atoms with Crippen LogP contribution in [0.25, 0.3) is 0 Å². The molecule has 0 radical (unpaired) electrons. The maximum absolute atomic E-state index is 12.2. The van der Waals surface area contributed by atoms with Crippen molar-refractivity contribution in [3.63, 3.8) is 0 Å². The first-order valence-electron chi connectivity index (χ1n) is 7.21. The number of fused-ring (bicyclic) bond motifs is 1. The third-order valence-electron chi connectivity index (χ3n) is 4.50. The minimum atomic E-state index is -0.310. The summed E-state index contributed by atoms with van der Waals surface area (Å²) in [6.45, 7) is 6.48. The minimum Gasteiger partial charge on any atom is -0.466 e. The van der Waals surface area contributed by atoms with E-state index in [0.29, 0.717) is 31.9 Å². The fourth-order valence-corrected chi connectivity index (χ4v) is 3.71. The summed E-state index contributed by atoms with van der Waals surface area (Å²) in [5, 5.41) is 0. The molecule has 1 heterocycles. The van der Waals surface area contributed by atoms with E-state index in [4.69, 9.17) is 4.74 Å². The number of nitrogens with zero attached hydrogens (tertiary/aromatic N) is 1. The van der Waals surface area contributed by atoms with Crippen molar-refractivity contribution < 1.29 is 14.3 Å². The van der Waals surface area contributed by atoms with Crippen molar-refractivity contribution in [2.75, 3.05) is 13.2 Å². The number of hydrogen-bond acceptors (Lipinski definition) is 3. The highest BCUT2D eigenvalue weighted by Crippen LogP contribution is 2.48. The van der Waals surface area contributed by atoms with Crippen LogP contribution in [-0.2, 0) is 14.3 Å². The Kier molecular flexibility index (Phi) is 4.27. The van der Waals surface area contributed by atoms with E-state index in [1.807, 2.05) is 11.8 Å². The Hall–Kier alpha value is -1.32. The molecule has 0 aromatic heterocycles. The molecule has 106 valence electrons. The molecule has 1 saturated heterocycles. The van der Waals surface area contributed by atoms with Crippen LogP contribution in [0.3, 0.4) is 0 Å². The van der Waals surface area contributed by atoms with Gasteiger partial charge in [0, 0.05) is 13.0 Å². The highest BCUT2D eigenvalue weighted by atomic mass is 16.5. The lowest BCUT2D eigenvalue weighted by Gasteiger charge is -2.44. The molecule has 0 aromatic rings. The Balaban J connectivity index is 2.24. The minimum absolute atomic E-state index is 0.163. The van der Waals surface area contributed by atoms with Gasteiger partial charge >= 0.3 is 5.97 Å². The number of rotatable bonds is 5. The Morgan fingerprint density at radius 2 is 2.37 bits per heavy atom. The van der Waals surface area contributed by atoms with Gasteiger partial charge in [0.25, 0.3) is 0 Å². The number of amides is 1. The summed E-state index contributed by atoms with van der Waals surface area (Å²) >= 11 is 0. The van der Waals surface area contributed by atoms with Crippen LogP contribution in [-0.4, -0.2) is 35.5 Å². The third kappa shape index (κ3) is 2.53. The van der Waals surface area contributed by atoms with Crippen LogP contribution in [0.4, 0.5) is 0 Å². The van der Waals surface area contributed by atoms with Crippen molar-refractivity contribution in [2.45, 2.75) is 51.0 Å². The van der Waals surface area contributed by atoms with E-state index in [1.165, 1.54) is 0 Å². The summed E-state index contributed by atoms with van der Waals surface area (Å²) < 4.78 is 5.11. The second-order valence-electron chi connectivity index (χ2n) is 5.53. The molecule has 1 amide bonds. The molecule has 0 bridgehead atoms. The van der Waals surface area contributed by atoms with Gasteiger partial charge in [0.15, 0.2) is 0 Å². The van der Waals surface area contributed by atoms with Gasteiger partial charge in [0.1, 0.15) is 0 Å². The number of carbonyl (C=O) groups is 2. The van der Waals surface area contributed by atoms with E-state index in [1.54, 1.807) is 6.08 Å². The van der Waals surface area contributed by atoms with Gasteiger partial charge in [0.2, 0.25) is 5.91 Å². The Labute approximate surface area is 114 Å². The monoisotopic (exact) mass is 265 g/mol. The second kappa shape index (κ2) is 5.76. The SMILES string of the molecule is C=CCN1C(=O)C[C@@H]2CCCC[C@@]21CC(=O)OCC. The van der Waals surface area contributed by atoms with E-state index in [-0.39, 0.29) is 17.4 Å². The highest BCUT2D eigenvalue weighted by Gasteiger charge is 2.54. The van der Waals surface area contributed by atoms with Crippen LogP contribution in [0.1, 0.15) is 45.4 Å². The van der Waals surface area contributed by atoms with E-state index >= 15 is 0 Å². The number of likely N-dealkylation sites (tertiary alicyclic amines) is 1. The Bertz CT molecular complexity index is 380. The molecule has 1 aliphatic heterocycles. The standard InChI is InChI=1S/C15H23NO3/c1-3-9-16-13(17)10-12-7-5-6-8-15(12,16)11-14(18)19-4-2/h3,12H,1,4-11H2,2H3/t12-,15+/m0/s1. The molecule has 2 atom stereocenters. The Morgan fingerprint density at radius 3 is 3.05 bits per heavy atom. The number of esters is 1. The first-order chi connectivity index (χ1) is 9.14. The molecule has 0 spiro atoms. The predicted molar refractivity (Wildman–Crippen MR) is 72.5 cm³/mol. The van der Waals surface area contributed by atoms with Crippen molar-refractivity contribution in [2.24, 2.45) is 5.92 Å². The van der Waals surface area contributed by atoms with Crippen LogP contribution in [0.2, 0.25) is 0 Å². The summed E-state index contributed by atoms with van der Waals surface area (Å²) in [7, 11) is 0.